The molecule has 1 aliphatic rings. The van der Waals surface area contributed by atoms with Crippen LogP contribution in [0.5, 0.6) is 11.5 Å². The van der Waals surface area contributed by atoms with Gasteiger partial charge in [0.2, 0.25) is 11.9 Å². The predicted molar refractivity (Wildman–Crippen MR) is 117 cm³/mol. The number of pyridine rings is 1. The molecule has 0 spiro atoms. The number of carbonyl (C=O) groups is 2. The second kappa shape index (κ2) is 7.80. The van der Waals surface area contributed by atoms with Crippen LogP contribution in [0.4, 0.5) is 11.6 Å². The van der Waals surface area contributed by atoms with E-state index in [1.54, 1.807) is 72.0 Å². The Morgan fingerprint density at radius 1 is 1.06 bits per heavy atom. The molecule has 32 heavy (non-hydrogen) atoms. The van der Waals surface area contributed by atoms with Gasteiger partial charge < -0.3 is 10.1 Å². The highest BCUT2D eigenvalue weighted by Crippen LogP contribution is 2.30. The fraction of sp³-hybridized carbons (Fsp3) is 0.227. The van der Waals surface area contributed by atoms with Gasteiger partial charge in [0.15, 0.2) is 5.65 Å². The minimum atomic E-state index is -0.238. The first-order chi connectivity index (χ1) is 15.4. The Morgan fingerprint density at radius 3 is 2.66 bits per heavy atom. The number of ether oxygens (including phenoxy) is 1. The zero-order valence-corrected chi connectivity index (χ0v) is 17.6. The topological polar surface area (TPSA) is 115 Å². The van der Waals surface area contributed by atoms with Gasteiger partial charge in [-0.1, -0.05) is 6.07 Å². The molecule has 1 saturated carbocycles. The third-order valence-electron chi connectivity index (χ3n) is 5.07. The first-order valence-electron chi connectivity index (χ1n) is 10.2. The monoisotopic (exact) mass is 431 g/mol. The van der Waals surface area contributed by atoms with Crippen LogP contribution in [0.3, 0.4) is 0 Å². The Balaban J connectivity index is 1.29. The van der Waals surface area contributed by atoms with Crippen molar-refractivity contribution in [2.45, 2.75) is 19.8 Å². The lowest BCUT2D eigenvalue weighted by molar-refractivity contribution is -0.117. The quantitative estimate of drug-likeness (QED) is 0.485. The van der Waals surface area contributed by atoms with Crippen LogP contribution < -0.4 is 15.4 Å². The lowest BCUT2D eigenvalue weighted by atomic mass is 10.2. The Morgan fingerprint density at radius 2 is 1.91 bits per heavy atom. The van der Waals surface area contributed by atoms with Gasteiger partial charge in [-0.15, -0.1) is 5.10 Å². The third kappa shape index (κ3) is 4.15. The van der Waals surface area contributed by atoms with E-state index in [2.05, 4.69) is 25.8 Å². The van der Waals surface area contributed by atoms with Crippen LogP contribution >= 0.6 is 0 Å². The molecule has 0 radical (unpaired) electrons. The summed E-state index contributed by atoms with van der Waals surface area (Å²) in [6.45, 7) is 1.79. The fourth-order valence-corrected chi connectivity index (χ4v) is 3.33. The first kappa shape index (κ1) is 19.7. The second-order valence-electron chi connectivity index (χ2n) is 7.75. The van der Waals surface area contributed by atoms with Crippen LogP contribution in [0.25, 0.3) is 5.65 Å². The van der Waals surface area contributed by atoms with Crippen LogP contribution in [-0.2, 0) is 11.8 Å². The summed E-state index contributed by atoms with van der Waals surface area (Å²) < 4.78 is 9.09. The number of carbonyl (C=O) groups excluding carboxylic acids is 2. The molecule has 0 bridgehead atoms. The molecule has 2 amide bonds. The van der Waals surface area contributed by atoms with Gasteiger partial charge in [0.1, 0.15) is 11.5 Å². The third-order valence-corrected chi connectivity index (χ3v) is 5.07. The van der Waals surface area contributed by atoms with E-state index in [0.717, 1.165) is 12.8 Å². The predicted octanol–water partition coefficient (Wildman–Crippen LogP) is 3.16. The van der Waals surface area contributed by atoms with E-state index in [4.69, 9.17) is 4.74 Å². The Labute approximate surface area is 183 Å². The molecule has 1 aliphatic carbocycles. The van der Waals surface area contributed by atoms with Crippen LogP contribution in [0.2, 0.25) is 0 Å². The lowest BCUT2D eigenvalue weighted by Crippen LogP contribution is -2.14. The average molecular weight is 431 g/mol. The number of hydrogen-bond acceptors (Lipinski definition) is 6. The Bertz CT molecular complexity index is 1340. The molecule has 0 saturated heterocycles. The molecule has 2 N–H and O–H groups in total. The van der Waals surface area contributed by atoms with Crippen molar-refractivity contribution < 1.29 is 14.3 Å². The molecule has 10 heteroatoms. The molecular weight excluding hydrogens is 410 g/mol. The molecule has 0 aliphatic heterocycles. The van der Waals surface area contributed by atoms with Crippen molar-refractivity contribution in [2.24, 2.45) is 13.0 Å². The summed E-state index contributed by atoms with van der Waals surface area (Å²) in [6, 6.07) is 10.6. The highest BCUT2D eigenvalue weighted by Gasteiger charge is 2.30. The number of rotatable bonds is 6. The Kier molecular flexibility index (Phi) is 4.81. The number of fused-ring (bicyclic) bond motifs is 1. The number of amides is 2. The summed E-state index contributed by atoms with van der Waals surface area (Å²) in [6.07, 6.45) is 5.19. The van der Waals surface area contributed by atoms with E-state index >= 15 is 0 Å². The minimum absolute atomic E-state index is 0.0438. The van der Waals surface area contributed by atoms with Gasteiger partial charge in [0.25, 0.3) is 5.91 Å². The van der Waals surface area contributed by atoms with E-state index in [-0.39, 0.29) is 23.7 Å². The van der Waals surface area contributed by atoms with Crippen LogP contribution in [0.1, 0.15) is 28.9 Å². The summed E-state index contributed by atoms with van der Waals surface area (Å²) in [7, 11) is 1.77. The molecule has 4 aromatic rings. The van der Waals surface area contributed by atoms with E-state index in [9.17, 15) is 9.59 Å². The van der Waals surface area contributed by atoms with Gasteiger partial charge in [0, 0.05) is 30.9 Å². The van der Waals surface area contributed by atoms with Crippen molar-refractivity contribution in [2.75, 3.05) is 10.6 Å². The summed E-state index contributed by atoms with van der Waals surface area (Å²) in [5.41, 5.74) is 2.37. The van der Waals surface area contributed by atoms with E-state index in [1.165, 1.54) is 0 Å². The van der Waals surface area contributed by atoms with Gasteiger partial charge in [-0.25, -0.2) is 4.52 Å². The molecule has 10 nitrogen and oxygen atoms in total. The molecule has 1 aromatic carbocycles. The van der Waals surface area contributed by atoms with Gasteiger partial charge in [0.05, 0.1) is 17.5 Å². The molecule has 3 aromatic heterocycles. The molecule has 162 valence electrons. The van der Waals surface area contributed by atoms with Crippen molar-refractivity contribution in [3.63, 3.8) is 0 Å². The van der Waals surface area contributed by atoms with Crippen LogP contribution in [0, 0.1) is 12.8 Å². The number of aromatic nitrogens is 5. The van der Waals surface area contributed by atoms with Gasteiger partial charge >= 0.3 is 0 Å². The molecular formula is C22H21N7O3. The maximum Gasteiger partial charge on any atom is 0.259 e. The maximum absolute atomic E-state index is 12.5. The fourth-order valence-electron chi connectivity index (χ4n) is 3.33. The summed E-state index contributed by atoms with van der Waals surface area (Å²) >= 11 is 0. The van der Waals surface area contributed by atoms with Crippen molar-refractivity contribution in [1.82, 2.24) is 24.4 Å². The second-order valence-corrected chi connectivity index (χ2v) is 7.75. The molecule has 3 heterocycles. The van der Waals surface area contributed by atoms with E-state index < -0.39 is 0 Å². The summed E-state index contributed by atoms with van der Waals surface area (Å²) in [5.74, 6) is 1.15. The number of nitrogens with one attached hydrogen (secondary N) is 2. The molecule has 0 atom stereocenters. The number of hydrogen-bond donors (Lipinski definition) is 2. The minimum Gasteiger partial charge on any atom is -0.456 e. The van der Waals surface area contributed by atoms with Gasteiger partial charge in [-0.2, -0.15) is 10.1 Å². The number of benzene rings is 1. The number of nitrogens with zero attached hydrogens (tertiary/aromatic N) is 5. The van der Waals surface area contributed by atoms with Crippen molar-refractivity contribution in [3.05, 3.63) is 60.0 Å². The van der Waals surface area contributed by atoms with E-state index in [0.29, 0.717) is 34.1 Å². The highest BCUT2D eigenvalue weighted by atomic mass is 16.5. The van der Waals surface area contributed by atoms with E-state index in [1.807, 2.05) is 0 Å². The lowest BCUT2D eigenvalue weighted by Gasteiger charge is -2.09. The Hall–Kier alpha value is -4.21. The number of anilines is 2. The van der Waals surface area contributed by atoms with Crippen molar-refractivity contribution >= 4 is 29.1 Å². The van der Waals surface area contributed by atoms with Crippen LogP contribution in [0.15, 0.2) is 48.8 Å². The summed E-state index contributed by atoms with van der Waals surface area (Å²) in [5, 5.41) is 14.1. The molecule has 0 unspecified atom stereocenters. The standard InChI is InChI=1S/C22H21N7O3/c1-13-18(12-28(2)26-13)21(31)23-15-4-3-5-16(10-15)32-17-8-9-19-24-22(27-29(19)11-17)25-20(30)14-6-7-14/h3-5,8-12,14H,6-7H2,1-2H3,(H,23,31)(H,25,27,30). The normalized spacial score (nSPS) is 13.2. The van der Waals surface area contributed by atoms with Gasteiger partial charge in [-0.3, -0.25) is 19.6 Å². The summed E-state index contributed by atoms with van der Waals surface area (Å²) in [4.78, 5) is 28.8. The highest BCUT2D eigenvalue weighted by molar-refractivity contribution is 6.05. The maximum atomic E-state index is 12.5. The van der Waals surface area contributed by atoms with Crippen molar-refractivity contribution in [1.29, 1.82) is 0 Å². The zero-order chi connectivity index (χ0) is 22.2. The number of aryl methyl sites for hydroxylation is 2. The largest absolute Gasteiger partial charge is 0.456 e. The van der Waals surface area contributed by atoms with Gasteiger partial charge in [-0.05, 0) is 44.0 Å². The zero-order valence-electron chi connectivity index (χ0n) is 17.6. The van der Waals surface area contributed by atoms with Crippen LogP contribution in [-0.4, -0.2) is 36.2 Å². The SMILES string of the molecule is Cc1nn(C)cc1C(=O)Nc1cccc(Oc2ccc3nc(NC(=O)C4CC4)nn3c2)c1. The molecule has 5 rings (SSSR count). The average Bonchev–Trinajstić information content (AvgIpc) is 3.44. The van der Waals surface area contributed by atoms with Crippen molar-refractivity contribution in [3.8, 4) is 11.5 Å². The first-order valence-corrected chi connectivity index (χ1v) is 10.2. The molecule has 1 fully saturated rings. The smallest absolute Gasteiger partial charge is 0.259 e.